The normalized spacial score (nSPS) is 11.3. The predicted octanol–water partition coefficient (Wildman–Crippen LogP) is 1.50. The first kappa shape index (κ1) is 13.6. The van der Waals surface area contributed by atoms with Crippen molar-refractivity contribution in [2.45, 2.75) is 13.1 Å². The molecule has 0 unspecified atom stereocenters. The maximum Gasteiger partial charge on any atom is 0.405 e. The van der Waals surface area contributed by atoms with Crippen LogP contribution in [0.4, 0.5) is 19.0 Å². The third-order valence-electron chi connectivity index (χ3n) is 1.97. The fourth-order valence-electron chi connectivity index (χ4n) is 1.18. The van der Waals surface area contributed by atoms with Crippen LogP contribution < -0.4 is 10.6 Å². The molecular weight excluding hydrogens is 253 g/mol. The van der Waals surface area contributed by atoms with E-state index < -0.39 is 12.7 Å². The molecule has 0 amide bonds. The Morgan fingerprint density at radius 3 is 2.41 bits per heavy atom. The monoisotopic (exact) mass is 264 g/mol. The number of anilines is 1. The van der Waals surface area contributed by atoms with Crippen LogP contribution >= 0.6 is 12.2 Å². The van der Waals surface area contributed by atoms with Gasteiger partial charge in [-0.25, -0.2) is 9.97 Å². The second-order valence-corrected chi connectivity index (χ2v) is 3.69. The number of hydrogen-bond acceptors (Lipinski definition) is 4. The molecule has 0 radical (unpaired) electrons. The van der Waals surface area contributed by atoms with Crippen molar-refractivity contribution in [3.05, 3.63) is 18.1 Å². The number of aromatic nitrogens is 2. The molecule has 94 valence electrons. The van der Waals surface area contributed by atoms with Gasteiger partial charge < -0.3 is 10.6 Å². The van der Waals surface area contributed by atoms with E-state index in [9.17, 15) is 13.2 Å². The number of halogens is 3. The molecule has 0 aliphatic rings. The molecule has 0 saturated carbocycles. The number of hydrogen-bond donors (Lipinski definition) is 1. The molecule has 0 fully saturated rings. The second kappa shape index (κ2) is 5.26. The first-order valence-electron chi connectivity index (χ1n) is 4.77. The van der Waals surface area contributed by atoms with Gasteiger partial charge in [0, 0.05) is 6.54 Å². The zero-order valence-corrected chi connectivity index (χ0v) is 9.85. The Labute approximate surface area is 102 Å². The molecule has 17 heavy (non-hydrogen) atoms. The molecule has 1 aromatic heterocycles. The first-order valence-corrected chi connectivity index (χ1v) is 5.18. The molecule has 0 spiro atoms. The molecule has 0 saturated heterocycles. The lowest BCUT2D eigenvalue weighted by Crippen LogP contribution is -2.34. The van der Waals surface area contributed by atoms with Gasteiger partial charge in [-0.2, -0.15) is 13.2 Å². The summed E-state index contributed by atoms with van der Waals surface area (Å²) in [6.45, 7) is 0.722. The predicted molar refractivity (Wildman–Crippen MR) is 61.9 cm³/mol. The summed E-state index contributed by atoms with van der Waals surface area (Å²) in [5.74, 6) is 0.143. The van der Waals surface area contributed by atoms with Crippen LogP contribution in [0.2, 0.25) is 0 Å². The summed E-state index contributed by atoms with van der Waals surface area (Å²) in [6.07, 6.45) is -1.79. The summed E-state index contributed by atoms with van der Waals surface area (Å²) in [4.78, 5) is 8.81. The minimum atomic E-state index is -4.28. The van der Waals surface area contributed by atoms with E-state index >= 15 is 0 Å². The van der Waals surface area contributed by atoms with Crippen LogP contribution in [-0.2, 0) is 0 Å². The summed E-state index contributed by atoms with van der Waals surface area (Å²) in [5.41, 5.74) is 5.59. The molecule has 0 bridgehead atoms. The van der Waals surface area contributed by atoms with Crippen LogP contribution in [0.1, 0.15) is 12.6 Å². The quantitative estimate of drug-likeness (QED) is 0.835. The summed E-state index contributed by atoms with van der Waals surface area (Å²) < 4.78 is 36.8. The van der Waals surface area contributed by atoms with Crippen molar-refractivity contribution in [3.63, 3.8) is 0 Å². The van der Waals surface area contributed by atoms with Gasteiger partial charge in [0.15, 0.2) is 0 Å². The molecule has 2 N–H and O–H groups in total. The van der Waals surface area contributed by atoms with E-state index in [1.54, 1.807) is 6.92 Å². The van der Waals surface area contributed by atoms with E-state index in [1.165, 1.54) is 12.4 Å². The van der Waals surface area contributed by atoms with Crippen molar-refractivity contribution in [3.8, 4) is 0 Å². The van der Waals surface area contributed by atoms with E-state index in [0.717, 1.165) is 4.90 Å². The average molecular weight is 264 g/mol. The fraction of sp³-hybridized carbons (Fsp3) is 0.444. The van der Waals surface area contributed by atoms with Gasteiger partial charge in [-0.15, -0.1) is 0 Å². The van der Waals surface area contributed by atoms with Crippen molar-refractivity contribution in [2.75, 3.05) is 18.0 Å². The lowest BCUT2D eigenvalue weighted by Gasteiger charge is -2.22. The van der Waals surface area contributed by atoms with Gasteiger partial charge in [0.25, 0.3) is 0 Å². The summed E-state index contributed by atoms with van der Waals surface area (Å²) in [7, 11) is 0. The first-order chi connectivity index (χ1) is 7.83. The minimum absolute atomic E-state index is 0.0583. The standard InChI is InChI=1S/C9H11F3N4S/c1-2-16(5-9(10,11)12)7-4-14-6(3-15-7)8(13)17/h3-4H,2,5H2,1H3,(H2,13,17). The SMILES string of the molecule is CCN(CC(F)(F)F)c1cnc(C(N)=S)cn1. The van der Waals surface area contributed by atoms with Gasteiger partial charge in [0.05, 0.1) is 12.4 Å². The van der Waals surface area contributed by atoms with Crippen LogP contribution in [0.25, 0.3) is 0 Å². The average Bonchev–Trinajstić information content (AvgIpc) is 2.25. The smallest absolute Gasteiger partial charge is 0.388 e. The maximum atomic E-state index is 12.3. The highest BCUT2D eigenvalue weighted by atomic mass is 32.1. The number of alkyl halides is 3. The fourth-order valence-corrected chi connectivity index (χ4v) is 1.29. The molecule has 8 heteroatoms. The summed E-state index contributed by atoms with van der Waals surface area (Å²) in [6, 6.07) is 0. The third kappa shape index (κ3) is 4.14. The van der Waals surface area contributed by atoms with E-state index in [1.807, 2.05) is 0 Å². The van der Waals surface area contributed by atoms with Gasteiger partial charge in [-0.1, -0.05) is 12.2 Å². The molecule has 0 aliphatic heterocycles. The number of rotatable bonds is 4. The van der Waals surface area contributed by atoms with Gasteiger partial charge in [0.2, 0.25) is 0 Å². The number of nitrogens with two attached hydrogens (primary N) is 1. The third-order valence-corrected chi connectivity index (χ3v) is 2.18. The highest BCUT2D eigenvalue weighted by Gasteiger charge is 2.30. The summed E-state index contributed by atoms with van der Waals surface area (Å²) >= 11 is 4.67. The largest absolute Gasteiger partial charge is 0.405 e. The Hall–Kier alpha value is -1.44. The lowest BCUT2D eigenvalue weighted by atomic mass is 10.4. The van der Waals surface area contributed by atoms with E-state index in [2.05, 4.69) is 22.2 Å². The highest BCUT2D eigenvalue weighted by Crippen LogP contribution is 2.19. The molecule has 0 aliphatic carbocycles. The van der Waals surface area contributed by atoms with Crippen molar-refractivity contribution >= 4 is 23.0 Å². The molecule has 4 nitrogen and oxygen atoms in total. The van der Waals surface area contributed by atoms with Crippen molar-refractivity contribution in [2.24, 2.45) is 5.73 Å². The summed E-state index contributed by atoms with van der Waals surface area (Å²) in [5, 5.41) is 0. The van der Waals surface area contributed by atoms with E-state index in [4.69, 9.17) is 5.73 Å². The van der Waals surface area contributed by atoms with Gasteiger partial charge in [0.1, 0.15) is 23.0 Å². The maximum absolute atomic E-state index is 12.3. The zero-order chi connectivity index (χ0) is 13.1. The Balaban J connectivity index is 2.86. The van der Waals surface area contributed by atoms with Gasteiger partial charge in [-0.05, 0) is 6.92 Å². The molecule has 1 heterocycles. The minimum Gasteiger partial charge on any atom is -0.388 e. The van der Waals surface area contributed by atoms with Crippen LogP contribution in [0.15, 0.2) is 12.4 Å². The number of thiocarbonyl (C=S) groups is 1. The molecular formula is C9H11F3N4S. The van der Waals surface area contributed by atoms with E-state index in [0.29, 0.717) is 0 Å². The van der Waals surface area contributed by atoms with Crippen LogP contribution in [-0.4, -0.2) is 34.2 Å². The Morgan fingerprint density at radius 2 is 2.06 bits per heavy atom. The molecule has 0 atom stereocenters. The Bertz CT molecular complexity index is 390. The molecule has 0 aromatic carbocycles. The Kier molecular flexibility index (Phi) is 4.22. The van der Waals surface area contributed by atoms with Crippen LogP contribution in [0.5, 0.6) is 0 Å². The Morgan fingerprint density at radius 1 is 1.41 bits per heavy atom. The van der Waals surface area contributed by atoms with Crippen molar-refractivity contribution in [1.29, 1.82) is 0 Å². The topological polar surface area (TPSA) is 55.0 Å². The molecule has 1 aromatic rings. The van der Waals surface area contributed by atoms with E-state index in [-0.39, 0.29) is 23.0 Å². The van der Waals surface area contributed by atoms with Crippen LogP contribution in [0.3, 0.4) is 0 Å². The lowest BCUT2D eigenvalue weighted by molar-refractivity contribution is -0.119. The van der Waals surface area contributed by atoms with Gasteiger partial charge >= 0.3 is 6.18 Å². The number of nitrogens with zero attached hydrogens (tertiary/aromatic N) is 3. The van der Waals surface area contributed by atoms with Crippen molar-refractivity contribution in [1.82, 2.24) is 9.97 Å². The van der Waals surface area contributed by atoms with Crippen molar-refractivity contribution < 1.29 is 13.2 Å². The second-order valence-electron chi connectivity index (χ2n) is 3.25. The zero-order valence-electron chi connectivity index (χ0n) is 9.03. The molecule has 1 rings (SSSR count). The highest BCUT2D eigenvalue weighted by molar-refractivity contribution is 7.80. The van der Waals surface area contributed by atoms with Gasteiger partial charge in [-0.3, -0.25) is 0 Å². The van der Waals surface area contributed by atoms with Crippen LogP contribution in [0, 0.1) is 0 Å².